The summed E-state index contributed by atoms with van der Waals surface area (Å²) in [5, 5.41) is 3.94. The van der Waals surface area contributed by atoms with Crippen molar-refractivity contribution >= 4 is 21.8 Å². The molecule has 0 aliphatic carbocycles. The van der Waals surface area contributed by atoms with Crippen molar-refractivity contribution in [2.75, 3.05) is 5.73 Å². The molecule has 2 rings (SSSR count). The highest BCUT2D eigenvalue weighted by atomic mass is 79.9. The molecule has 1 aromatic carbocycles. The standard InChI is InChI=1S/C13H14BrFN2O/c1-7(2)5-10-12(17-18-13(10)16)9-6-8(15)3-4-11(9)14/h3-4,6-7H,5,16H2,1-2H3. The van der Waals surface area contributed by atoms with E-state index in [4.69, 9.17) is 10.3 Å². The van der Waals surface area contributed by atoms with Gasteiger partial charge in [0.15, 0.2) is 0 Å². The smallest absolute Gasteiger partial charge is 0.225 e. The molecule has 0 unspecified atom stereocenters. The van der Waals surface area contributed by atoms with Gasteiger partial charge >= 0.3 is 0 Å². The second kappa shape index (κ2) is 5.10. The van der Waals surface area contributed by atoms with Crippen LogP contribution in [0.5, 0.6) is 0 Å². The third-order valence-corrected chi connectivity index (χ3v) is 3.31. The number of anilines is 1. The van der Waals surface area contributed by atoms with E-state index >= 15 is 0 Å². The molecule has 0 radical (unpaired) electrons. The Bertz CT molecular complexity index is 566. The summed E-state index contributed by atoms with van der Waals surface area (Å²) in [7, 11) is 0. The van der Waals surface area contributed by atoms with Crippen molar-refractivity contribution in [3.05, 3.63) is 34.1 Å². The molecular formula is C13H14BrFN2O. The van der Waals surface area contributed by atoms with Gasteiger partial charge in [0.1, 0.15) is 11.5 Å². The number of nitrogen functional groups attached to an aromatic ring is 1. The molecule has 5 heteroatoms. The molecule has 0 bridgehead atoms. The second-order valence-electron chi connectivity index (χ2n) is 4.60. The summed E-state index contributed by atoms with van der Waals surface area (Å²) in [6, 6.07) is 4.46. The van der Waals surface area contributed by atoms with Crippen molar-refractivity contribution in [2.45, 2.75) is 20.3 Å². The van der Waals surface area contributed by atoms with Crippen LogP contribution in [0.4, 0.5) is 10.3 Å². The van der Waals surface area contributed by atoms with Gasteiger partial charge in [-0.15, -0.1) is 0 Å². The molecule has 2 aromatic rings. The van der Waals surface area contributed by atoms with E-state index in [9.17, 15) is 4.39 Å². The van der Waals surface area contributed by atoms with Crippen molar-refractivity contribution in [3.63, 3.8) is 0 Å². The fraction of sp³-hybridized carbons (Fsp3) is 0.308. The lowest BCUT2D eigenvalue weighted by atomic mass is 9.99. The minimum Gasteiger partial charge on any atom is -0.367 e. The van der Waals surface area contributed by atoms with Crippen molar-refractivity contribution in [1.29, 1.82) is 0 Å². The zero-order chi connectivity index (χ0) is 13.3. The summed E-state index contributed by atoms with van der Waals surface area (Å²) in [6.45, 7) is 4.16. The van der Waals surface area contributed by atoms with E-state index in [0.717, 1.165) is 16.5 Å². The molecule has 0 saturated heterocycles. The second-order valence-corrected chi connectivity index (χ2v) is 5.45. The van der Waals surface area contributed by atoms with Crippen LogP contribution in [-0.4, -0.2) is 5.16 Å². The Morgan fingerprint density at radius 1 is 1.44 bits per heavy atom. The SMILES string of the molecule is CC(C)Cc1c(-c2cc(F)ccc2Br)noc1N. The first-order valence-corrected chi connectivity index (χ1v) is 6.47. The number of rotatable bonds is 3. The monoisotopic (exact) mass is 312 g/mol. The van der Waals surface area contributed by atoms with Crippen molar-refractivity contribution in [1.82, 2.24) is 5.16 Å². The van der Waals surface area contributed by atoms with Crippen LogP contribution in [0.15, 0.2) is 27.2 Å². The fourth-order valence-corrected chi connectivity index (χ4v) is 2.25. The Balaban J connectivity index is 2.53. The molecule has 0 amide bonds. The van der Waals surface area contributed by atoms with E-state index in [0.29, 0.717) is 23.1 Å². The lowest BCUT2D eigenvalue weighted by molar-refractivity contribution is 0.438. The molecule has 0 fully saturated rings. The maximum atomic E-state index is 13.3. The van der Waals surface area contributed by atoms with Crippen LogP contribution in [0.3, 0.4) is 0 Å². The van der Waals surface area contributed by atoms with Crippen molar-refractivity contribution in [3.8, 4) is 11.3 Å². The maximum Gasteiger partial charge on any atom is 0.225 e. The van der Waals surface area contributed by atoms with Crippen LogP contribution >= 0.6 is 15.9 Å². The van der Waals surface area contributed by atoms with Crippen LogP contribution in [-0.2, 0) is 6.42 Å². The van der Waals surface area contributed by atoms with Gasteiger partial charge in [-0.1, -0.05) is 34.9 Å². The number of hydrogen-bond acceptors (Lipinski definition) is 3. The number of halogens is 2. The Hall–Kier alpha value is -1.36. The number of benzene rings is 1. The molecule has 0 atom stereocenters. The largest absolute Gasteiger partial charge is 0.367 e. The van der Waals surface area contributed by atoms with Gasteiger partial charge in [0.05, 0.1) is 0 Å². The van der Waals surface area contributed by atoms with Gasteiger partial charge in [-0.2, -0.15) is 0 Å². The van der Waals surface area contributed by atoms with Crippen LogP contribution < -0.4 is 5.73 Å². The van der Waals surface area contributed by atoms with E-state index in [2.05, 4.69) is 34.9 Å². The molecule has 18 heavy (non-hydrogen) atoms. The van der Waals surface area contributed by atoms with Crippen molar-refractivity contribution in [2.24, 2.45) is 5.92 Å². The average molecular weight is 313 g/mol. The predicted molar refractivity (Wildman–Crippen MR) is 72.6 cm³/mol. The zero-order valence-corrected chi connectivity index (χ0v) is 11.8. The van der Waals surface area contributed by atoms with Crippen LogP contribution in [0.1, 0.15) is 19.4 Å². The Morgan fingerprint density at radius 2 is 2.17 bits per heavy atom. The highest BCUT2D eigenvalue weighted by Gasteiger charge is 2.18. The molecule has 0 saturated carbocycles. The molecule has 0 spiro atoms. The summed E-state index contributed by atoms with van der Waals surface area (Å²) in [4.78, 5) is 0. The Morgan fingerprint density at radius 3 is 2.83 bits per heavy atom. The summed E-state index contributed by atoms with van der Waals surface area (Å²) in [5.74, 6) is 0.401. The quantitative estimate of drug-likeness (QED) is 0.931. The molecule has 3 nitrogen and oxygen atoms in total. The first-order chi connectivity index (χ1) is 8.49. The summed E-state index contributed by atoms with van der Waals surface area (Å²) < 4.78 is 19.1. The first kappa shape index (κ1) is 13.1. The Kier molecular flexibility index (Phi) is 3.71. The van der Waals surface area contributed by atoms with E-state index in [1.807, 2.05) is 0 Å². The number of nitrogens with two attached hydrogens (primary N) is 1. The third-order valence-electron chi connectivity index (χ3n) is 2.61. The lowest BCUT2D eigenvalue weighted by Crippen LogP contribution is -1.99. The fourth-order valence-electron chi connectivity index (χ4n) is 1.82. The minimum absolute atomic E-state index is 0.301. The molecule has 0 aliphatic heterocycles. The topological polar surface area (TPSA) is 52.0 Å². The average Bonchev–Trinajstić information content (AvgIpc) is 2.64. The van der Waals surface area contributed by atoms with Gasteiger partial charge in [0, 0.05) is 15.6 Å². The molecular weight excluding hydrogens is 299 g/mol. The first-order valence-electron chi connectivity index (χ1n) is 5.68. The molecule has 96 valence electrons. The van der Waals surface area contributed by atoms with Gasteiger partial charge in [0.2, 0.25) is 5.88 Å². The maximum absolute atomic E-state index is 13.3. The predicted octanol–water partition coefficient (Wildman–Crippen LogP) is 4.02. The zero-order valence-electron chi connectivity index (χ0n) is 10.2. The van der Waals surface area contributed by atoms with E-state index in [1.54, 1.807) is 6.07 Å². The molecule has 0 aliphatic rings. The van der Waals surface area contributed by atoms with Gasteiger partial charge in [-0.25, -0.2) is 4.39 Å². The number of aromatic nitrogens is 1. The highest BCUT2D eigenvalue weighted by Crippen LogP contribution is 2.34. The van der Waals surface area contributed by atoms with Crippen molar-refractivity contribution < 1.29 is 8.91 Å². The van der Waals surface area contributed by atoms with Gasteiger partial charge in [-0.05, 0) is 30.5 Å². The summed E-state index contributed by atoms with van der Waals surface area (Å²) in [5.41, 5.74) is 7.87. The van der Waals surface area contributed by atoms with Crippen LogP contribution in [0.2, 0.25) is 0 Å². The van der Waals surface area contributed by atoms with E-state index < -0.39 is 0 Å². The molecule has 1 aromatic heterocycles. The number of nitrogens with zero attached hydrogens (tertiary/aromatic N) is 1. The summed E-state index contributed by atoms with van der Waals surface area (Å²) in [6.07, 6.45) is 0.744. The Labute approximate surface area is 113 Å². The van der Waals surface area contributed by atoms with Gasteiger partial charge < -0.3 is 10.3 Å². The molecule has 1 heterocycles. The van der Waals surface area contributed by atoms with Crippen LogP contribution in [0.25, 0.3) is 11.3 Å². The van der Waals surface area contributed by atoms with Gasteiger partial charge in [0.25, 0.3) is 0 Å². The number of hydrogen-bond donors (Lipinski definition) is 1. The molecule has 2 N–H and O–H groups in total. The highest BCUT2D eigenvalue weighted by molar-refractivity contribution is 9.10. The van der Waals surface area contributed by atoms with E-state index in [-0.39, 0.29) is 5.82 Å². The minimum atomic E-state index is -0.315. The third kappa shape index (κ3) is 2.56. The lowest BCUT2D eigenvalue weighted by Gasteiger charge is -2.06. The van der Waals surface area contributed by atoms with E-state index in [1.165, 1.54) is 12.1 Å². The van der Waals surface area contributed by atoms with Crippen LogP contribution in [0, 0.1) is 11.7 Å². The normalized spacial score (nSPS) is 11.2. The summed E-state index contributed by atoms with van der Waals surface area (Å²) >= 11 is 3.39. The van der Waals surface area contributed by atoms with Gasteiger partial charge in [-0.3, -0.25) is 0 Å².